The summed E-state index contributed by atoms with van der Waals surface area (Å²) in [5.74, 6) is -0.0303. The molecule has 0 spiro atoms. The fourth-order valence-corrected chi connectivity index (χ4v) is 1.99. The molecule has 1 fully saturated rings. The van der Waals surface area contributed by atoms with Crippen molar-refractivity contribution in [1.82, 2.24) is 0 Å². The summed E-state index contributed by atoms with van der Waals surface area (Å²) in [6.07, 6.45) is 3.87. The number of benzene rings is 1. The van der Waals surface area contributed by atoms with Gasteiger partial charge in [-0.05, 0) is 36.6 Å². The quantitative estimate of drug-likeness (QED) is 0.704. The fraction of sp³-hybridized carbons (Fsp3) is 0.429. The zero-order valence-electron chi connectivity index (χ0n) is 9.63. The van der Waals surface area contributed by atoms with E-state index in [-0.39, 0.29) is 17.2 Å². The summed E-state index contributed by atoms with van der Waals surface area (Å²) in [6, 6.07) is 7.75. The highest BCUT2D eigenvalue weighted by atomic mass is 35.5. The maximum atomic E-state index is 13.7. The van der Waals surface area contributed by atoms with E-state index in [0.717, 1.165) is 17.9 Å². The van der Waals surface area contributed by atoms with Crippen molar-refractivity contribution in [2.24, 2.45) is 5.92 Å². The van der Waals surface area contributed by atoms with E-state index in [2.05, 4.69) is 0 Å². The molecule has 0 heterocycles. The van der Waals surface area contributed by atoms with Crippen molar-refractivity contribution in [3.8, 4) is 0 Å². The van der Waals surface area contributed by atoms with Gasteiger partial charge in [-0.25, -0.2) is 4.39 Å². The van der Waals surface area contributed by atoms with Crippen LogP contribution in [0.4, 0.5) is 4.39 Å². The molecule has 1 aliphatic rings. The minimum atomic E-state index is -0.0566. The maximum Gasteiger partial charge on any atom is 0.0994 e. The fourth-order valence-electron chi connectivity index (χ4n) is 1.86. The van der Waals surface area contributed by atoms with Crippen LogP contribution in [0.2, 0.25) is 5.02 Å². The molecule has 86 valence electrons. The number of hydrogen-bond donors (Lipinski definition) is 0. The summed E-state index contributed by atoms with van der Waals surface area (Å²) in [5, 5.41) is 0.730. The lowest BCUT2D eigenvalue weighted by atomic mass is 9.94. The van der Waals surface area contributed by atoms with Gasteiger partial charge < -0.3 is 0 Å². The Kier molecular flexibility index (Phi) is 3.07. The van der Waals surface area contributed by atoms with Gasteiger partial charge in [0.25, 0.3) is 0 Å². The lowest BCUT2D eigenvalue weighted by Gasteiger charge is -2.12. The van der Waals surface area contributed by atoms with Crippen LogP contribution in [0.25, 0.3) is 0 Å². The van der Waals surface area contributed by atoms with Gasteiger partial charge in [-0.3, -0.25) is 0 Å². The molecule has 0 radical (unpaired) electrons. The zero-order valence-corrected chi connectivity index (χ0v) is 10.4. The molecule has 0 saturated heterocycles. The molecule has 1 aliphatic carbocycles. The van der Waals surface area contributed by atoms with E-state index in [4.69, 9.17) is 11.6 Å². The minimum Gasteiger partial charge on any atom is -0.212 e. The SMILES string of the molecule is CC(C)/C(F)=C/C1(c2ccc(Cl)cc2)CC1. The molecule has 0 aliphatic heterocycles. The van der Waals surface area contributed by atoms with Gasteiger partial charge >= 0.3 is 0 Å². The third kappa shape index (κ3) is 2.30. The topological polar surface area (TPSA) is 0 Å². The van der Waals surface area contributed by atoms with E-state index in [1.165, 1.54) is 5.56 Å². The molecule has 0 N–H and O–H groups in total. The molecule has 1 saturated carbocycles. The van der Waals surface area contributed by atoms with Crippen LogP contribution < -0.4 is 0 Å². The van der Waals surface area contributed by atoms with E-state index in [0.29, 0.717) is 0 Å². The first kappa shape index (κ1) is 11.7. The highest BCUT2D eigenvalue weighted by Gasteiger charge is 2.42. The molecular weight excluding hydrogens is 223 g/mol. The van der Waals surface area contributed by atoms with Crippen molar-refractivity contribution < 1.29 is 4.39 Å². The molecule has 0 unspecified atom stereocenters. The predicted octanol–water partition coefficient (Wildman–Crippen LogP) is 4.88. The molecular formula is C14H16ClF. The lowest BCUT2D eigenvalue weighted by molar-refractivity contribution is 0.509. The van der Waals surface area contributed by atoms with E-state index in [1.807, 2.05) is 38.1 Å². The van der Waals surface area contributed by atoms with Crippen LogP contribution in [0, 0.1) is 5.92 Å². The van der Waals surface area contributed by atoms with Crippen LogP contribution >= 0.6 is 11.6 Å². The van der Waals surface area contributed by atoms with Crippen molar-refractivity contribution in [3.63, 3.8) is 0 Å². The first-order valence-corrected chi connectivity index (χ1v) is 6.06. The third-order valence-corrected chi connectivity index (χ3v) is 3.43. The summed E-state index contributed by atoms with van der Waals surface area (Å²) >= 11 is 5.85. The highest BCUT2D eigenvalue weighted by Crippen LogP contribution is 2.50. The van der Waals surface area contributed by atoms with Crippen molar-refractivity contribution in [3.05, 3.63) is 46.8 Å². The Balaban J connectivity index is 2.27. The minimum absolute atomic E-state index is 0.00699. The third-order valence-electron chi connectivity index (χ3n) is 3.17. The van der Waals surface area contributed by atoms with Crippen molar-refractivity contribution >= 4 is 11.6 Å². The molecule has 0 atom stereocenters. The first-order chi connectivity index (χ1) is 7.53. The molecule has 1 aromatic carbocycles. The van der Waals surface area contributed by atoms with Crippen molar-refractivity contribution in [2.75, 3.05) is 0 Å². The van der Waals surface area contributed by atoms with Crippen LogP contribution in [0.1, 0.15) is 32.3 Å². The standard InChI is InChI=1S/C14H16ClF/c1-10(2)13(16)9-14(7-8-14)11-3-5-12(15)6-4-11/h3-6,9-10H,7-8H2,1-2H3/b13-9-. The molecule has 2 rings (SSSR count). The molecule has 2 heteroatoms. The van der Waals surface area contributed by atoms with E-state index in [9.17, 15) is 4.39 Å². The van der Waals surface area contributed by atoms with Gasteiger partial charge in [-0.15, -0.1) is 0 Å². The Morgan fingerprint density at radius 2 is 1.88 bits per heavy atom. The molecule has 0 amide bonds. The second kappa shape index (κ2) is 4.21. The number of rotatable bonds is 3. The Morgan fingerprint density at radius 1 is 1.31 bits per heavy atom. The highest BCUT2D eigenvalue weighted by molar-refractivity contribution is 6.30. The van der Waals surface area contributed by atoms with Gasteiger partial charge in [0.05, 0.1) is 5.83 Å². The van der Waals surface area contributed by atoms with E-state index >= 15 is 0 Å². The molecule has 1 aromatic rings. The Hall–Kier alpha value is -0.820. The molecule has 0 aromatic heterocycles. The van der Waals surface area contributed by atoms with Gasteiger partial charge in [-0.1, -0.05) is 37.6 Å². The maximum absolute atomic E-state index is 13.7. The summed E-state index contributed by atoms with van der Waals surface area (Å²) in [5.41, 5.74) is 1.12. The monoisotopic (exact) mass is 238 g/mol. The van der Waals surface area contributed by atoms with Gasteiger partial charge in [-0.2, -0.15) is 0 Å². The molecule has 0 bridgehead atoms. The van der Waals surface area contributed by atoms with Crippen molar-refractivity contribution in [1.29, 1.82) is 0 Å². The summed E-state index contributed by atoms with van der Waals surface area (Å²) in [4.78, 5) is 0. The average molecular weight is 239 g/mol. The van der Waals surface area contributed by atoms with Crippen molar-refractivity contribution in [2.45, 2.75) is 32.1 Å². The number of allylic oxidation sites excluding steroid dienone is 2. The normalized spacial score (nSPS) is 18.9. The summed E-state index contributed by atoms with van der Waals surface area (Å²) in [6.45, 7) is 3.76. The first-order valence-electron chi connectivity index (χ1n) is 5.68. The van der Waals surface area contributed by atoms with Crippen LogP contribution in [-0.2, 0) is 5.41 Å². The van der Waals surface area contributed by atoms with Crippen LogP contribution in [0.3, 0.4) is 0 Å². The van der Waals surface area contributed by atoms with E-state index < -0.39 is 0 Å². The second-order valence-corrected chi connectivity index (χ2v) is 5.28. The summed E-state index contributed by atoms with van der Waals surface area (Å²) < 4.78 is 13.7. The zero-order chi connectivity index (χ0) is 11.8. The Labute approximate surface area is 101 Å². The second-order valence-electron chi connectivity index (χ2n) is 4.85. The van der Waals surface area contributed by atoms with Crippen LogP contribution in [0.15, 0.2) is 36.2 Å². The van der Waals surface area contributed by atoms with Crippen LogP contribution in [-0.4, -0.2) is 0 Å². The van der Waals surface area contributed by atoms with Gasteiger partial charge in [0, 0.05) is 16.4 Å². The average Bonchev–Trinajstić information content (AvgIpc) is 2.99. The Morgan fingerprint density at radius 3 is 2.31 bits per heavy atom. The van der Waals surface area contributed by atoms with Gasteiger partial charge in [0.15, 0.2) is 0 Å². The smallest absolute Gasteiger partial charge is 0.0994 e. The van der Waals surface area contributed by atoms with Gasteiger partial charge in [0.1, 0.15) is 0 Å². The predicted molar refractivity (Wildman–Crippen MR) is 66.4 cm³/mol. The molecule has 0 nitrogen and oxygen atoms in total. The van der Waals surface area contributed by atoms with E-state index in [1.54, 1.807) is 6.08 Å². The van der Waals surface area contributed by atoms with Crippen LogP contribution in [0.5, 0.6) is 0 Å². The lowest BCUT2D eigenvalue weighted by Crippen LogP contribution is -2.04. The number of hydrogen-bond acceptors (Lipinski definition) is 0. The Bertz CT molecular complexity index is 399. The van der Waals surface area contributed by atoms with Gasteiger partial charge in [0.2, 0.25) is 0 Å². The molecule has 16 heavy (non-hydrogen) atoms. The summed E-state index contributed by atoms with van der Waals surface area (Å²) in [7, 11) is 0. The largest absolute Gasteiger partial charge is 0.212 e. The number of halogens is 2.